The number of furan rings is 1. The van der Waals surface area contributed by atoms with Gasteiger partial charge in [0.15, 0.2) is 0 Å². The number of ether oxygens (including phenoxy) is 1. The topological polar surface area (TPSA) is 82.6 Å². The molecule has 0 spiro atoms. The molecule has 0 saturated carbocycles. The van der Waals surface area contributed by atoms with E-state index in [0.29, 0.717) is 5.76 Å². The van der Waals surface area contributed by atoms with Crippen LogP contribution in [0.1, 0.15) is 18.6 Å². The standard InChI is InChI=1S/C12H13NO5/c1-3-9(12(14)17-4-2)10(8-13(15)16)11-6-5-7-18-11/h5-7,10H,1,4,8H2,2H3. The number of carbonyl (C=O) groups is 1. The summed E-state index contributed by atoms with van der Waals surface area (Å²) in [5.41, 5.74) is 2.41. The number of nitro groups is 1. The SMILES string of the molecule is C=C=C(C(=O)OCC)C(C[N+](=O)[O-])c1ccco1. The number of carbonyl (C=O) groups excluding carboxylic acids is 1. The average molecular weight is 251 g/mol. The summed E-state index contributed by atoms with van der Waals surface area (Å²) in [6.45, 7) is 4.71. The number of rotatable bonds is 6. The van der Waals surface area contributed by atoms with E-state index in [0.717, 1.165) is 0 Å². The van der Waals surface area contributed by atoms with Gasteiger partial charge in [-0.1, -0.05) is 6.58 Å². The summed E-state index contributed by atoms with van der Waals surface area (Å²) in [5.74, 6) is -1.20. The van der Waals surface area contributed by atoms with E-state index in [1.165, 1.54) is 6.26 Å². The zero-order chi connectivity index (χ0) is 13.5. The van der Waals surface area contributed by atoms with Crippen LogP contribution in [0.2, 0.25) is 0 Å². The van der Waals surface area contributed by atoms with Crippen molar-refractivity contribution in [1.82, 2.24) is 0 Å². The molecular weight excluding hydrogens is 238 g/mol. The highest BCUT2D eigenvalue weighted by molar-refractivity contribution is 5.89. The molecule has 0 amide bonds. The molecule has 1 atom stereocenters. The van der Waals surface area contributed by atoms with Gasteiger partial charge < -0.3 is 9.15 Å². The van der Waals surface area contributed by atoms with Crippen LogP contribution in [0.4, 0.5) is 0 Å². The molecule has 96 valence electrons. The Bertz CT molecular complexity index is 471. The lowest BCUT2D eigenvalue weighted by atomic mass is 9.97. The van der Waals surface area contributed by atoms with Gasteiger partial charge >= 0.3 is 5.97 Å². The van der Waals surface area contributed by atoms with Crippen molar-refractivity contribution >= 4 is 5.97 Å². The quantitative estimate of drug-likeness (QED) is 0.253. The Morgan fingerprint density at radius 2 is 2.44 bits per heavy atom. The van der Waals surface area contributed by atoms with Crippen LogP contribution < -0.4 is 0 Å². The monoisotopic (exact) mass is 251 g/mol. The minimum absolute atomic E-state index is 0.00324. The maximum Gasteiger partial charge on any atom is 0.342 e. The number of hydrogen-bond donors (Lipinski definition) is 0. The number of nitrogens with zero attached hydrogens (tertiary/aromatic N) is 1. The van der Waals surface area contributed by atoms with Crippen LogP contribution in [-0.2, 0) is 9.53 Å². The predicted molar refractivity (Wildman–Crippen MR) is 62.6 cm³/mol. The number of hydrogen-bond acceptors (Lipinski definition) is 5. The second-order valence-electron chi connectivity index (χ2n) is 3.39. The largest absolute Gasteiger partial charge is 0.468 e. The maximum atomic E-state index is 11.7. The Morgan fingerprint density at radius 3 is 2.89 bits per heavy atom. The Hall–Kier alpha value is -2.33. The average Bonchev–Trinajstić information content (AvgIpc) is 2.81. The van der Waals surface area contributed by atoms with Gasteiger partial charge in [-0.15, -0.1) is 5.73 Å². The lowest BCUT2D eigenvalue weighted by Crippen LogP contribution is -2.20. The van der Waals surface area contributed by atoms with E-state index in [4.69, 9.17) is 9.15 Å². The normalized spacial score (nSPS) is 11.4. The van der Waals surface area contributed by atoms with E-state index in [1.54, 1.807) is 19.1 Å². The summed E-state index contributed by atoms with van der Waals surface area (Å²) in [7, 11) is 0. The molecule has 0 saturated heterocycles. The molecule has 0 aliphatic rings. The van der Waals surface area contributed by atoms with Gasteiger partial charge in [0.25, 0.3) is 0 Å². The Balaban J connectivity index is 3.05. The van der Waals surface area contributed by atoms with Crippen molar-refractivity contribution in [1.29, 1.82) is 0 Å². The van der Waals surface area contributed by atoms with Gasteiger partial charge in [-0.3, -0.25) is 10.1 Å². The fourth-order valence-electron chi connectivity index (χ4n) is 1.51. The van der Waals surface area contributed by atoms with Crippen LogP contribution in [0.25, 0.3) is 0 Å². The van der Waals surface area contributed by atoms with E-state index in [-0.39, 0.29) is 12.2 Å². The highest BCUT2D eigenvalue weighted by Crippen LogP contribution is 2.25. The summed E-state index contributed by atoms with van der Waals surface area (Å²) in [5, 5.41) is 10.7. The first-order valence-electron chi connectivity index (χ1n) is 5.32. The molecule has 0 aliphatic carbocycles. The third-order valence-corrected chi connectivity index (χ3v) is 2.25. The van der Waals surface area contributed by atoms with Crippen molar-refractivity contribution in [3.8, 4) is 0 Å². The van der Waals surface area contributed by atoms with Gasteiger partial charge in [0.1, 0.15) is 11.7 Å². The van der Waals surface area contributed by atoms with E-state index in [9.17, 15) is 14.9 Å². The first kappa shape index (κ1) is 13.7. The zero-order valence-corrected chi connectivity index (χ0v) is 9.92. The van der Waals surface area contributed by atoms with Gasteiger partial charge in [0.2, 0.25) is 6.54 Å². The van der Waals surface area contributed by atoms with E-state index >= 15 is 0 Å². The summed E-state index contributed by atoms with van der Waals surface area (Å²) < 4.78 is 9.92. The molecule has 1 rings (SSSR count). The number of esters is 1. The minimum Gasteiger partial charge on any atom is -0.468 e. The van der Waals surface area contributed by atoms with Gasteiger partial charge in [-0.2, -0.15) is 0 Å². The zero-order valence-electron chi connectivity index (χ0n) is 9.92. The van der Waals surface area contributed by atoms with Crippen LogP contribution in [0.15, 0.2) is 40.7 Å². The van der Waals surface area contributed by atoms with Crippen molar-refractivity contribution in [2.24, 2.45) is 0 Å². The molecule has 6 heteroatoms. The third kappa shape index (κ3) is 3.33. The van der Waals surface area contributed by atoms with E-state index in [1.807, 2.05) is 0 Å². The van der Waals surface area contributed by atoms with Gasteiger partial charge in [-0.05, 0) is 19.1 Å². The van der Waals surface area contributed by atoms with Gasteiger partial charge in [-0.25, -0.2) is 4.79 Å². The molecule has 6 nitrogen and oxygen atoms in total. The van der Waals surface area contributed by atoms with Gasteiger partial charge in [0.05, 0.1) is 18.4 Å². The molecule has 1 aromatic rings. The molecule has 1 heterocycles. The molecular formula is C12H13NO5. The first-order chi connectivity index (χ1) is 8.60. The first-order valence-corrected chi connectivity index (χ1v) is 5.32. The predicted octanol–water partition coefficient (Wildman–Crippen LogP) is 1.91. The molecule has 0 N–H and O–H groups in total. The molecule has 18 heavy (non-hydrogen) atoms. The highest BCUT2D eigenvalue weighted by atomic mass is 16.6. The van der Waals surface area contributed by atoms with Crippen LogP contribution in [0.3, 0.4) is 0 Å². The minimum atomic E-state index is -0.841. The van der Waals surface area contributed by atoms with Crippen molar-refractivity contribution in [3.63, 3.8) is 0 Å². The van der Waals surface area contributed by atoms with E-state index in [2.05, 4.69) is 12.3 Å². The Morgan fingerprint density at radius 1 is 1.72 bits per heavy atom. The third-order valence-electron chi connectivity index (χ3n) is 2.25. The van der Waals surface area contributed by atoms with Crippen LogP contribution in [-0.4, -0.2) is 24.0 Å². The summed E-state index contributed by atoms with van der Waals surface area (Å²) in [6, 6.07) is 3.15. The van der Waals surface area contributed by atoms with Crippen LogP contribution >= 0.6 is 0 Å². The van der Waals surface area contributed by atoms with Crippen molar-refractivity contribution in [2.75, 3.05) is 13.2 Å². The highest BCUT2D eigenvalue weighted by Gasteiger charge is 2.30. The van der Waals surface area contributed by atoms with E-state index < -0.39 is 23.4 Å². The van der Waals surface area contributed by atoms with Gasteiger partial charge in [0, 0.05) is 4.92 Å². The molecule has 1 unspecified atom stereocenters. The molecule has 0 fully saturated rings. The Labute approximate surface area is 104 Å². The summed E-state index contributed by atoms with van der Waals surface area (Å²) >= 11 is 0. The lowest BCUT2D eigenvalue weighted by molar-refractivity contribution is -0.482. The van der Waals surface area contributed by atoms with Crippen molar-refractivity contribution in [3.05, 3.63) is 52.2 Å². The second-order valence-corrected chi connectivity index (χ2v) is 3.39. The molecule has 0 aromatic carbocycles. The molecule has 0 bridgehead atoms. The van der Waals surface area contributed by atoms with Crippen LogP contribution in [0.5, 0.6) is 0 Å². The molecule has 0 radical (unpaired) electrons. The fourth-order valence-corrected chi connectivity index (χ4v) is 1.51. The van der Waals surface area contributed by atoms with Crippen LogP contribution in [0, 0.1) is 10.1 Å². The summed E-state index contributed by atoms with van der Waals surface area (Å²) in [6.07, 6.45) is 1.38. The maximum absolute atomic E-state index is 11.7. The lowest BCUT2D eigenvalue weighted by Gasteiger charge is -2.11. The second kappa shape index (κ2) is 6.42. The summed E-state index contributed by atoms with van der Waals surface area (Å²) in [4.78, 5) is 21.8. The molecule has 1 aromatic heterocycles. The van der Waals surface area contributed by atoms with Crippen molar-refractivity contribution < 1.29 is 18.9 Å². The Kier molecular flexibility index (Phi) is 4.90. The smallest absolute Gasteiger partial charge is 0.342 e. The van der Waals surface area contributed by atoms with Crippen molar-refractivity contribution in [2.45, 2.75) is 12.8 Å². The fraction of sp³-hybridized carbons (Fsp3) is 0.333. The molecule has 0 aliphatic heterocycles.